The topological polar surface area (TPSA) is 90.1 Å². The van der Waals surface area contributed by atoms with Gasteiger partial charge in [-0.2, -0.15) is 0 Å². The van der Waals surface area contributed by atoms with E-state index in [1.165, 1.54) is 6.20 Å². The van der Waals surface area contributed by atoms with Crippen molar-refractivity contribution in [1.82, 2.24) is 5.43 Å². The molecule has 0 aromatic heterocycles. The van der Waals surface area contributed by atoms with E-state index in [1.54, 1.807) is 0 Å². The largest absolute Gasteiger partial charge is 0.403 e. The second kappa shape index (κ2) is 4.89. The smallest absolute Gasteiger partial charge is 0.229 e. The second-order valence-corrected chi connectivity index (χ2v) is 2.48. The average molecular weight is 180 g/mol. The SMILES string of the molecule is FCF.N/C=C(\NN)C1(N)CC1. The number of hydrogen-bond acceptors (Lipinski definition) is 4. The summed E-state index contributed by atoms with van der Waals surface area (Å²) < 4.78 is 19.2. The van der Waals surface area contributed by atoms with Gasteiger partial charge in [0, 0.05) is 6.20 Å². The highest BCUT2D eigenvalue weighted by Gasteiger charge is 2.41. The zero-order chi connectivity index (χ0) is 9.61. The van der Waals surface area contributed by atoms with Crippen molar-refractivity contribution in [1.29, 1.82) is 0 Å². The quantitative estimate of drug-likeness (QED) is 0.344. The number of nitrogens with two attached hydrogens (primary N) is 3. The van der Waals surface area contributed by atoms with Gasteiger partial charge in [0.15, 0.2) is 0 Å². The van der Waals surface area contributed by atoms with E-state index in [-0.39, 0.29) is 5.54 Å². The van der Waals surface area contributed by atoms with E-state index in [4.69, 9.17) is 17.3 Å². The summed E-state index contributed by atoms with van der Waals surface area (Å²) in [6, 6.07) is 0. The molecule has 0 atom stereocenters. The predicted octanol–water partition coefficient (Wildman–Crippen LogP) is -0.376. The molecule has 0 saturated heterocycles. The zero-order valence-corrected chi connectivity index (χ0v) is 6.69. The van der Waals surface area contributed by atoms with Gasteiger partial charge in [0.25, 0.3) is 0 Å². The number of hydrazine groups is 1. The number of nitrogens with one attached hydrogen (secondary N) is 1. The van der Waals surface area contributed by atoms with E-state index in [0.717, 1.165) is 18.5 Å². The molecule has 0 spiro atoms. The lowest BCUT2D eigenvalue weighted by Gasteiger charge is -2.11. The first-order valence-corrected chi connectivity index (χ1v) is 3.44. The molecule has 1 fully saturated rings. The number of alkyl halides is 2. The van der Waals surface area contributed by atoms with Gasteiger partial charge in [-0.25, -0.2) is 8.78 Å². The van der Waals surface area contributed by atoms with Crippen LogP contribution in [0.1, 0.15) is 12.8 Å². The van der Waals surface area contributed by atoms with Crippen LogP contribution in [0.2, 0.25) is 0 Å². The molecule has 1 rings (SSSR count). The van der Waals surface area contributed by atoms with Crippen molar-refractivity contribution in [3.8, 4) is 0 Å². The lowest BCUT2D eigenvalue weighted by Crippen LogP contribution is -2.37. The molecule has 7 N–H and O–H groups in total. The molecule has 0 heterocycles. The molecule has 0 aromatic carbocycles. The van der Waals surface area contributed by atoms with E-state index in [1.807, 2.05) is 0 Å². The molecule has 1 saturated carbocycles. The molecule has 0 amide bonds. The maximum atomic E-state index is 9.62. The van der Waals surface area contributed by atoms with Gasteiger partial charge in [0.05, 0.1) is 11.2 Å². The van der Waals surface area contributed by atoms with E-state index >= 15 is 0 Å². The molecule has 72 valence electrons. The third-order valence-corrected chi connectivity index (χ3v) is 1.65. The molecule has 1 aliphatic rings. The van der Waals surface area contributed by atoms with Crippen molar-refractivity contribution in [2.24, 2.45) is 17.3 Å². The van der Waals surface area contributed by atoms with Crippen LogP contribution in [0.15, 0.2) is 11.9 Å². The molecule has 0 aromatic rings. The standard InChI is InChI=1S/C5H12N4.CH2F2/c6-3-4(9-8)5(7)1-2-5;2-1-3/h3,9H,1-2,6-8H2;1H2/b4-3-;. The molecule has 4 nitrogen and oxygen atoms in total. The van der Waals surface area contributed by atoms with Crippen molar-refractivity contribution < 1.29 is 8.78 Å². The summed E-state index contributed by atoms with van der Waals surface area (Å²) >= 11 is 0. The Morgan fingerprint density at radius 2 is 1.92 bits per heavy atom. The summed E-state index contributed by atoms with van der Waals surface area (Å²) in [5.41, 5.74) is 13.9. The molecule has 12 heavy (non-hydrogen) atoms. The van der Waals surface area contributed by atoms with Crippen molar-refractivity contribution >= 4 is 0 Å². The first-order valence-electron chi connectivity index (χ1n) is 3.44. The Bertz CT molecular complexity index is 156. The fourth-order valence-electron chi connectivity index (χ4n) is 0.762. The third-order valence-electron chi connectivity index (χ3n) is 1.65. The van der Waals surface area contributed by atoms with Crippen molar-refractivity contribution in [2.45, 2.75) is 18.4 Å². The number of rotatable bonds is 2. The summed E-state index contributed by atoms with van der Waals surface area (Å²) in [5, 5.41) is 0. The van der Waals surface area contributed by atoms with Crippen molar-refractivity contribution in [3.63, 3.8) is 0 Å². The van der Waals surface area contributed by atoms with E-state index < -0.39 is 6.93 Å². The van der Waals surface area contributed by atoms with Crippen LogP contribution in [0.25, 0.3) is 0 Å². The summed E-state index contributed by atoms with van der Waals surface area (Å²) in [5.74, 6) is 5.13. The van der Waals surface area contributed by atoms with Gasteiger partial charge < -0.3 is 16.9 Å². The summed E-state index contributed by atoms with van der Waals surface area (Å²) in [6.07, 6.45) is 3.37. The van der Waals surface area contributed by atoms with Gasteiger partial charge in [-0.3, -0.25) is 5.84 Å². The van der Waals surface area contributed by atoms with Crippen LogP contribution in [0, 0.1) is 0 Å². The molecule has 0 bridgehead atoms. The predicted molar refractivity (Wildman–Crippen MR) is 42.8 cm³/mol. The molecule has 0 unspecified atom stereocenters. The lowest BCUT2D eigenvalue weighted by atomic mass is 10.2. The van der Waals surface area contributed by atoms with Crippen molar-refractivity contribution in [3.05, 3.63) is 11.9 Å². The Morgan fingerprint density at radius 3 is 2.00 bits per heavy atom. The first-order chi connectivity index (χ1) is 5.64. The number of hydrogen-bond donors (Lipinski definition) is 4. The van der Waals surface area contributed by atoms with Crippen LogP contribution in [0.4, 0.5) is 8.78 Å². The minimum absolute atomic E-state index is 0.233. The van der Waals surface area contributed by atoms with Crippen molar-refractivity contribution in [2.75, 3.05) is 6.93 Å². The average Bonchev–Trinajstić information content (AvgIpc) is 2.73. The molecule has 1 aliphatic carbocycles. The zero-order valence-electron chi connectivity index (χ0n) is 6.69. The molecular formula is C6H14F2N4. The van der Waals surface area contributed by atoms with Crippen LogP contribution < -0.4 is 22.7 Å². The lowest BCUT2D eigenvalue weighted by molar-refractivity contribution is 0.295. The van der Waals surface area contributed by atoms with Gasteiger partial charge in [0.2, 0.25) is 6.93 Å². The van der Waals surface area contributed by atoms with Gasteiger partial charge in [-0.1, -0.05) is 0 Å². The number of halogens is 2. The van der Waals surface area contributed by atoms with Gasteiger partial charge >= 0.3 is 0 Å². The molecule has 0 radical (unpaired) electrons. The van der Waals surface area contributed by atoms with Crippen LogP contribution in [0.5, 0.6) is 0 Å². The van der Waals surface area contributed by atoms with Crippen LogP contribution in [-0.4, -0.2) is 12.5 Å². The Hall–Kier alpha value is -0.880. The summed E-state index contributed by atoms with van der Waals surface area (Å²) in [6.45, 7) is -1.75. The third kappa shape index (κ3) is 3.02. The normalized spacial score (nSPS) is 19.2. The summed E-state index contributed by atoms with van der Waals surface area (Å²) in [4.78, 5) is 0. The molecular weight excluding hydrogens is 166 g/mol. The van der Waals surface area contributed by atoms with Crippen LogP contribution >= 0.6 is 0 Å². The van der Waals surface area contributed by atoms with Crippen LogP contribution in [0.3, 0.4) is 0 Å². The molecule has 0 aliphatic heterocycles. The fraction of sp³-hybridized carbons (Fsp3) is 0.667. The van der Waals surface area contributed by atoms with Gasteiger partial charge in [0.1, 0.15) is 0 Å². The van der Waals surface area contributed by atoms with E-state index in [2.05, 4.69) is 5.43 Å². The Balaban J connectivity index is 0.000000354. The minimum atomic E-state index is -1.75. The highest BCUT2D eigenvalue weighted by Crippen LogP contribution is 2.37. The Labute approximate surface area is 69.7 Å². The molecule has 6 heteroatoms. The van der Waals surface area contributed by atoms with E-state index in [9.17, 15) is 8.78 Å². The summed E-state index contributed by atoms with van der Waals surface area (Å²) in [7, 11) is 0. The Morgan fingerprint density at radius 1 is 1.50 bits per heavy atom. The maximum absolute atomic E-state index is 9.62. The van der Waals surface area contributed by atoms with E-state index in [0.29, 0.717) is 0 Å². The highest BCUT2D eigenvalue weighted by molar-refractivity contribution is 5.24. The first kappa shape index (κ1) is 11.1. The second-order valence-electron chi connectivity index (χ2n) is 2.48. The van der Waals surface area contributed by atoms with Gasteiger partial charge in [-0.15, -0.1) is 0 Å². The maximum Gasteiger partial charge on any atom is 0.229 e. The fourth-order valence-corrected chi connectivity index (χ4v) is 0.762. The monoisotopic (exact) mass is 180 g/mol. The van der Waals surface area contributed by atoms with Gasteiger partial charge in [-0.05, 0) is 12.8 Å². The minimum Gasteiger partial charge on any atom is -0.403 e. The van der Waals surface area contributed by atoms with Crippen LogP contribution in [-0.2, 0) is 0 Å². The Kier molecular flexibility index (Phi) is 4.53. The highest BCUT2D eigenvalue weighted by atomic mass is 19.3.